The number of hydrogen-bond donors (Lipinski definition) is 11. The van der Waals surface area contributed by atoms with E-state index in [9.17, 15) is 53.4 Å². The number of carboxylic acids is 2. The van der Waals surface area contributed by atoms with Gasteiger partial charge in [0.05, 0.1) is 31.9 Å². The van der Waals surface area contributed by atoms with E-state index in [-0.39, 0.29) is 32.4 Å². The lowest BCUT2D eigenvalue weighted by Gasteiger charge is -2.30. The summed E-state index contributed by atoms with van der Waals surface area (Å²) in [5, 5.41) is 33.0. The van der Waals surface area contributed by atoms with Gasteiger partial charge in [-0.2, -0.15) is 0 Å². The Morgan fingerprint density at radius 1 is 0.891 bits per heavy atom. The van der Waals surface area contributed by atoms with Gasteiger partial charge in [0.15, 0.2) is 0 Å². The van der Waals surface area contributed by atoms with Crippen LogP contribution >= 0.6 is 0 Å². The molecule has 0 radical (unpaired) electrons. The number of H-pyrrole nitrogens is 1. The van der Waals surface area contributed by atoms with Crippen LogP contribution in [-0.4, -0.2) is 141 Å². The summed E-state index contributed by atoms with van der Waals surface area (Å²) in [4.78, 5) is 121. The average Bonchev–Trinajstić information content (AvgIpc) is 3.83. The van der Waals surface area contributed by atoms with Gasteiger partial charge in [-0.3, -0.25) is 38.4 Å². The minimum Gasteiger partial charge on any atom is -0.481 e. The summed E-state index contributed by atoms with van der Waals surface area (Å²) in [6.45, 7) is 3.80. The molecule has 1 fully saturated rings. The van der Waals surface area contributed by atoms with Crippen LogP contribution in [0.25, 0.3) is 0 Å². The van der Waals surface area contributed by atoms with Gasteiger partial charge in [0.1, 0.15) is 30.2 Å². The molecule has 2 rings (SSSR count). The second-order valence-electron chi connectivity index (χ2n) is 13.4. The number of hydrogen-bond acceptors (Lipinski definition) is 12. The number of carboxylic acid groups (broad SMARTS) is 2. The highest BCUT2D eigenvalue weighted by molar-refractivity contribution is 5.97. The number of carbonyl (C=O) groups excluding carboxylic acids is 7. The zero-order chi connectivity index (χ0) is 41.2. The first-order valence-corrected chi connectivity index (χ1v) is 17.9. The topological polar surface area (TPSA) is 350 Å². The number of nitrogens with two attached hydrogens (primary N) is 2. The largest absolute Gasteiger partial charge is 0.481 e. The van der Waals surface area contributed by atoms with Crippen molar-refractivity contribution in [1.29, 1.82) is 0 Å². The van der Waals surface area contributed by atoms with Crippen LogP contribution in [0.5, 0.6) is 0 Å². The normalized spacial score (nSPS) is 16.5. The van der Waals surface area contributed by atoms with Gasteiger partial charge in [-0.1, -0.05) is 13.8 Å². The lowest BCUT2D eigenvalue weighted by atomic mass is 10.0. The highest BCUT2D eigenvalue weighted by Gasteiger charge is 2.39. The number of amides is 7. The van der Waals surface area contributed by atoms with Gasteiger partial charge < -0.3 is 63.5 Å². The van der Waals surface area contributed by atoms with Gasteiger partial charge in [-0.05, 0) is 51.5 Å². The molecule has 2 heterocycles. The fraction of sp³-hybridized carbons (Fsp3) is 0.636. The van der Waals surface area contributed by atoms with Crippen molar-refractivity contribution < 1.29 is 53.4 Å². The zero-order valence-corrected chi connectivity index (χ0v) is 31.1. The Hall–Kier alpha value is -5.64. The van der Waals surface area contributed by atoms with Crippen molar-refractivity contribution in [3.8, 4) is 0 Å². The molecule has 6 atom stereocenters. The number of unbranched alkanes of at least 4 members (excludes halogenated alkanes) is 1. The van der Waals surface area contributed by atoms with Gasteiger partial charge >= 0.3 is 11.9 Å². The Labute approximate surface area is 317 Å². The Morgan fingerprint density at radius 2 is 1.55 bits per heavy atom. The summed E-state index contributed by atoms with van der Waals surface area (Å²) in [7, 11) is 0. The lowest BCUT2D eigenvalue weighted by molar-refractivity contribution is -0.144. The number of aliphatic carboxylic acids is 2. The van der Waals surface area contributed by atoms with Crippen molar-refractivity contribution in [2.75, 3.05) is 26.2 Å². The van der Waals surface area contributed by atoms with E-state index in [4.69, 9.17) is 11.5 Å². The number of nitrogens with one attached hydrogen (secondary N) is 7. The lowest BCUT2D eigenvalue weighted by Crippen LogP contribution is -2.58. The summed E-state index contributed by atoms with van der Waals surface area (Å²) in [5.41, 5.74) is 12.1. The predicted octanol–water partition coefficient (Wildman–Crippen LogP) is -4.19. The van der Waals surface area contributed by atoms with Gasteiger partial charge in [0.25, 0.3) is 0 Å². The Balaban J connectivity index is 2.05. The molecule has 22 heteroatoms. The van der Waals surface area contributed by atoms with Crippen LogP contribution in [-0.2, 0) is 49.6 Å². The predicted molar refractivity (Wildman–Crippen MR) is 192 cm³/mol. The molecule has 1 saturated heterocycles. The molecule has 1 aromatic rings. The quantitative estimate of drug-likeness (QED) is 0.0470. The third kappa shape index (κ3) is 15.3. The van der Waals surface area contributed by atoms with Crippen LogP contribution in [0.1, 0.15) is 65.0 Å². The van der Waals surface area contributed by atoms with Crippen LogP contribution < -0.4 is 43.4 Å². The van der Waals surface area contributed by atoms with Crippen molar-refractivity contribution >= 4 is 53.3 Å². The number of imidazole rings is 1. The molecule has 55 heavy (non-hydrogen) atoms. The third-order valence-corrected chi connectivity index (χ3v) is 8.61. The maximum absolute atomic E-state index is 13.8. The van der Waals surface area contributed by atoms with Gasteiger partial charge in [0, 0.05) is 24.9 Å². The van der Waals surface area contributed by atoms with Crippen molar-refractivity contribution in [2.24, 2.45) is 17.4 Å². The van der Waals surface area contributed by atoms with E-state index >= 15 is 0 Å². The number of rotatable bonds is 23. The summed E-state index contributed by atoms with van der Waals surface area (Å²) in [5.74, 6) is -8.57. The van der Waals surface area contributed by atoms with Crippen molar-refractivity contribution in [2.45, 2.75) is 102 Å². The fourth-order valence-electron chi connectivity index (χ4n) is 5.61. The van der Waals surface area contributed by atoms with E-state index in [1.165, 1.54) is 24.3 Å². The molecule has 0 spiro atoms. The van der Waals surface area contributed by atoms with E-state index in [0.717, 1.165) is 0 Å². The second-order valence-corrected chi connectivity index (χ2v) is 13.4. The summed E-state index contributed by atoms with van der Waals surface area (Å²) in [6, 6.07) is -7.43. The highest BCUT2D eigenvalue weighted by atomic mass is 16.4. The minimum atomic E-state index is -1.69. The highest BCUT2D eigenvalue weighted by Crippen LogP contribution is 2.20. The number of nitrogens with zero attached hydrogens (tertiary/aromatic N) is 2. The maximum atomic E-state index is 13.8. The van der Waals surface area contributed by atoms with Crippen molar-refractivity contribution in [3.05, 3.63) is 18.2 Å². The Kier molecular flexibility index (Phi) is 18.7. The molecule has 22 nitrogen and oxygen atoms in total. The summed E-state index contributed by atoms with van der Waals surface area (Å²) >= 11 is 0. The molecule has 306 valence electrons. The fourth-order valence-corrected chi connectivity index (χ4v) is 5.61. The zero-order valence-electron chi connectivity index (χ0n) is 31.1. The molecule has 0 unspecified atom stereocenters. The smallest absolute Gasteiger partial charge is 0.326 e. The summed E-state index contributed by atoms with van der Waals surface area (Å²) < 4.78 is 0. The van der Waals surface area contributed by atoms with E-state index in [1.54, 1.807) is 13.8 Å². The van der Waals surface area contributed by atoms with Crippen LogP contribution in [0.4, 0.5) is 0 Å². The number of likely N-dealkylation sites (tertiary alicyclic amines) is 1. The SMILES string of the molecule is CC(C)[C@H](NC(=O)CNC(=O)[C@@H]1CCCN1C(=O)[C@H](CCCCN)NC(=O)[C@H](CC(=O)O)NC(=O)[C@H](C)NC(=O)CNC(=O)[C@@H](N)Cc1cnc[nH]1)C(=O)O. The van der Waals surface area contributed by atoms with Gasteiger partial charge in [-0.25, -0.2) is 9.78 Å². The standard InChI is InChI=1S/C33H53N11O11/c1-17(2)27(33(54)55)43-25(46)15-38-31(52)23-8-6-10-44(23)32(53)21(7-4-5-9-34)41-30(51)22(12-26(47)48)42-28(49)18(3)40-24(45)14-37-29(50)20(35)11-19-13-36-16-39-19/h13,16-18,20-23,27H,4-12,14-15,34-35H2,1-3H3,(H,36,39)(H,37,50)(H,38,52)(H,40,45)(H,41,51)(H,42,49)(H,43,46)(H,47,48)(H,54,55)/t18-,20-,21-,22-,23-,27-/m0/s1. The molecule has 13 N–H and O–H groups in total. The number of aromatic amines is 1. The van der Waals surface area contributed by atoms with Crippen molar-refractivity contribution in [3.63, 3.8) is 0 Å². The molecule has 0 aromatic carbocycles. The van der Waals surface area contributed by atoms with Crippen LogP contribution in [0, 0.1) is 5.92 Å². The van der Waals surface area contributed by atoms with Crippen LogP contribution in [0.2, 0.25) is 0 Å². The maximum Gasteiger partial charge on any atom is 0.326 e. The molecule has 0 aliphatic carbocycles. The summed E-state index contributed by atoms with van der Waals surface area (Å²) in [6.07, 6.45) is 3.68. The molecule has 1 aliphatic heterocycles. The first-order chi connectivity index (χ1) is 25.9. The number of aromatic nitrogens is 2. The molecule has 1 aliphatic rings. The molecular weight excluding hydrogens is 726 g/mol. The van der Waals surface area contributed by atoms with E-state index in [1.807, 2.05) is 0 Å². The first kappa shape index (κ1) is 45.5. The van der Waals surface area contributed by atoms with E-state index in [2.05, 4.69) is 41.9 Å². The average molecular weight is 780 g/mol. The van der Waals surface area contributed by atoms with E-state index < -0.39 is 115 Å². The first-order valence-electron chi connectivity index (χ1n) is 17.9. The Morgan fingerprint density at radius 3 is 2.15 bits per heavy atom. The Bertz CT molecular complexity index is 1520. The molecular formula is C33H53N11O11. The minimum absolute atomic E-state index is 0.0538. The van der Waals surface area contributed by atoms with Crippen molar-refractivity contribution in [1.82, 2.24) is 46.8 Å². The van der Waals surface area contributed by atoms with Crippen LogP contribution in [0.15, 0.2) is 12.5 Å². The second kappa shape index (κ2) is 22.5. The molecule has 7 amide bonds. The molecule has 1 aromatic heterocycles. The molecule has 0 bridgehead atoms. The van der Waals surface area contributed by atoms with Gasteiger partial charge in [0.2, 0.25) is 41.4 Å². The van der Waals surface area contributed by atoms with Gasteiger partial charge in [-0.15, -0.1) is 0 Å². The van der Waals surface area contributed by atoms with Crippen LogP contribution in [0.3, 0.4) is 0 Å². The molecule has 0 saturated carbocycles. The monoisotopic (exact) mass is 779 g/mol. The van der Waals surface area contributed by atoms with E-state index in [0.29, 0.717) is 25.0 Å². The third-order valence-electron chi connectivity index (χ3n) is 8.61. The number of carbonyl (C=O) groups is 9.